The van der Waals surface area contributed by atoms with Crippen molar-refractivity contribution in [3.8, 4) is 79.7 Å². The average molecular weight is 1170 g/mol. The molecule has 9 aromatic carbocycles. The van der Waals surface area contributed by atoms with Crippen molar-refractivity contribution in [1.29, 1.82) is 0 Å². The molecular weight excluding hydrogens is 1100 g/mol. The smallest absolute Gasteiger partial charge is 0.166 e. The lowest BCUT2D eigenvalue weighted by atomic mass is 9.98. The van der Waals surface area contributed by atoms with Crippen molar-refractivity contribution in [2.75, 3.05) is 0 Å². The zero-order valence-corrected chi connectivity index (χ0v) is 48.1. The van der Waals surface area contributed by atoms with E-state index >= 15 is 0 Å². The van der Waals surface area contributed by atoms with E-state index in [1.54, 1.807) is 0 Å². The Bertz CT molecular complexity index is 4350. The minimum absolute atomic E-state index is 0.545. The fourth-order valence-electron chi connectivity index (χ4n) is 11.5. The highest BCUT2D eigenvalue weighted by Gasteiger charge is 2.24. The standard InChI is InChI=1S/C72H61IN8/c1-4-7-23-47-38-48(24-8-5-2)40-53(39-47)70-77-71(54-41-49(25-9-6-3)42-55(73)43-54)79-72(78-70)61-44-52(69-75-67(50-26-13-10-14-27-50)74-68(76-69)51-28-15-11-16-29-51)36-37-64(61)81-63-35-22-20-33-58(63)60-45-59-57-32-19-21-34-62(57)80(65(59)46-66(60)81)56-30-17-12-18-31-56/h10-22,26-46H,4-9,23-25H2,1-3H3. The molecule has 8 nitrogen and oxygen atoms in total. The summed E-state index contributed by atoms with van der Waals surface area (Å²) in [6.45, 7) is 6.77. The number of hydrogen-bond acceptors (Lipinski definition) is 6. The van der Waals surface area contributed by atoms with Crippen LogP contribution in [0, 0.1) is 3.57 Å². The number of fused-ring (bicyclic) bond motifs is 6. The summed E-state index contributed by atoms with van der Waals surface area (Å²) in [6, 6.07) is 73.7. The summed E-state index contributed by atoms with van der Waals surface area (Å²) in [5.41, 5.74) is 15.7. The second-order valence-corrected chi connectivity index (χ2v) is 22.4. The lowest BCUT2D eigenvalue weighted by molar-refractivity contribution is 0.780. The number of para-hydroxylation sites is 3. The number of unbranched alkanes of at least 4 members (excludes halogenated alkanes) is 3. The van der Waals surface area contributed by atoms with E-state index in [1.807, 2.05) is 36.4 Å². The number of rotatable bonds is 17. The quantitative estimate of drug-likeness (QED) is 0.0844. The van der Waals surface area contributed by atoms with Crippen molar-refractivity contribution in [2.45, 2.75) is 78.6 Å². The Kier molecular flexibility index (Phi) is 14.6. The first kappa shape index (κ1) is 51.7. The van der Waals surface area contributed by atoms with Crippen molar-refractivity contribution < 1.29 is 0 Å². The Balaban J connectivity index is 1.13. The normalized spacial score (nSPS) is 11.7. The maximum atomic E-state index is 5.67. The fraction of sp³-hybridized carbons (Fsp3) is 0.167. The van der Waals surface area contributed by atoms with E-state index in [0.717, 1.165) is 139 Å². The fourth-order valence-corrected chi connectivity index (χ4v) is 12.3. The van der Waals surface area contributed by atoms with Gasteiger partial charge in [0.25, 0.3) is 0 Å². The molecule has 0 amide bonds. The van der Waals surface area contributed by atoms with Crippen molar-refractivity contribution in [1.82, 2.24) is 39.0 Å². The van der Waals surface area contributed by atoms with Gasteiger partial charge in [0.1, 0.15) is 0 Å². The molecule has 0 unspecified atom stereocenters. The highest BCUT2D eigenvalue weighted by molar-refractivity contribution is 14.1. The van der Waals surface area contributed by atoms with Gasteiger partial charge in [-0.1, -0.05) is 161 Å². The number of aromatic nitrogens is 8. The molecule has 0 spiro atoms. The number of halogens is 1. The summed E-state index contributed by atoms with van der Waals surface area (Å²) >= 11 is 2.46. The van der Waals surface area contributed by atoms with E-state index in [2.05, 4.69) is 222 Å². The molecule has 0 radical (unpaired) electrons. The molecule has 13 aromatic rings. The van der Waals surface area contributed by atoms with E-state index in [-0.39, 0.29) is 0 Å². The summed E-state index contributed by atoms with van der Waals surface area (Å²) in [5, 5.41) is 4.70. The third-order valence-corrected chi connectivity index (χ3v) is 16.2. The highest BCUT2D eigenvalue weighted by atomic mass is 127. The minimum atomic E-state index is 0.545. The first-order valence-electron chi connectivity index (χ1n) is 28.6. The first-order chi connectivity index (χ1) is 39.9. The molecule has 0 atom stereocenters. The third-order valence-electron chi connectivity index (χ3n) is 15.5. The molecule has 0 aliphatic heterocycles. The molecular formula is C72H61IN8. The Morgan fingerprint density at radius 1 is 0.321 bits per heavy atom. The molecule has 0 bridgehead atoms. The van der Waals surface area contributed by atoms with Gasteiger partial charge in [-0.05, 0) is 163 Å². The van der Waals surface area contributed by atoms with Crippen molar-refractivity contribution in [3.05, 3.63) is 227 Å². The van der Waals surface area contributed by atoms with Crippen LogP contribution in [0.1, 0.15) is 76.0 Å². The minimum Gasteiger partial charge on any atom is -0.309 e. The van der Waals surface area contributed by atoms with Crippen molar-refractivity contribution in [2.24, 2.45) is 0 Å². The monoisotopic (exact) mass is 1160 g/mol. The largest absolute Gasteiger partial charge is 0.309 e. The van der Waals surface area contributed by atoms with Gasteiger partial charge >= 0.3 is 0 Å². The molecule has 9 heteroatoms. The molecule has 0 saturated carbocycles. The lowest BCUT2D eigenvalue weighted by Crippen LogP contribution is -2.06. The van der Waals surface area contributed by atoms with E-state index in [0.29, 0.717) is 34.9 Å². The zero-order valence-electron chi connectivity index (χ0n) is 45.9. The molecule has 0 fully saturated rings. The SMILES string of the molecule is CCCCc1cc(I)cc(-c2nc(-c3cc(CCCC)cc(CCCC)c3)nc(-c3cc(-c4nc(-c5ccccc5)nc(-c5ccccc5)n4)ccc3-n3c4ccccc4c4cc5c6ccccc6n(-c6ccccc6)c5cc43)n2)c1. The van der Waals surface area contributed by atoms with Crippen LogP contribution < -0.4 is 0 Å². The van der Waals surface area contributed by atoms with Gasteiger partial charge in [0.05, 0.1) is 27.8 Å². The maximum absolute atomic E-state index is 5.67. The van der Waals surface area contributed by atoms with E-state index in [9.17, 15) is 0 Å². The Labute approximate surface area is 486 Å². The first-order valence-corrected chi connectivity index (χ1v) is 29.7. The molecule has 396 valence electrons. The van der Waals surface area contributed by atoms with Crippen molar-refractivity contribution >= 4 is 66.2 Å². The molecule has 0 saturated heterocycles. The van der Waals surface area contributed by atoms with Gasteiger partial charge in [-0.3, -0.25) is 0 Å². The van der Waals surface area contributed by atoms with Gasteiger partial charge in [0.15, 0.2) is 34.9 Å². The highest BCUT2D eigenvalue weighted by Crippen LogP contribution is 2.42. The number of aryl methyl sites for hydroxylation is 3. The number of benzene rings is 9. The third kappa shape index (κ3) is 10.3. The van der Waals surface area contributed by atoms with Gasteiger partial charge in [-0.2, -0.15) is 0 Å². The number of hydrogen-bond donors (Lipinski definition) is 0. The van der Waals surface area contributed by atoms with Crippen LogP contribution in [0.4, 0.5) is 0 Å². The van der Waals surface area contributed by atoms with E-state index < -0.39 is 0 Å². The second-order valence-electron chi connectivity index (χ2n) is 21.2. The van der Waals surface area contributed by atoms with Crippen LogP contribution in [0.3, 0.4) is 0 Å². The van der Waals surface area contributed by atoms with Crippen LogP contribution in [0.2, 0.25) is 0 Å². The van der Waals surface area contributed by atoms with Crippen LogP contribution in [0.5, 0.6) is 0 Å². The molecule has 4 aromatic heterocycles. The van der Waals surface area contributed by atoms with Crippen LogP contribution in [0.25, 0.3) is 123 Å². The van der Waals surface area contributed by atoms with Gasteiger partial charge in [-0.25, -0.2) is 29.9 Å². The van der Waals surface area contributed by atoms with Crippen LogP contribution in [0.15, 0.2) is 206 Å². The summed E-state index contributed by atoms with van der Waals surface area (Å²) in [6.07, 6.45) is 9.61. The summed E-state index contributed by atoms with van der Waals surface area (Å²) in [4.78, 5) is 32.4. The predicted molar refractivity (Wildman–Crippen MR) is 343 cm³/mol. The van der Waals surface area contributed by atoms with Gasteiger partial charge in [0.2, 0.25) is 0 Å². The zero-order chi connectivity index (χ0) is 54.8. The van der Waals surface area contributed by atoms with Gasteiger partial charge < -0.3 is 9.13 Å². The Morgan fingerprint density at radius 2 is 0.753 bits per heavy atom. The van der Waals surface area contributed by atoms with Crippen LogP contribution >= 0.6 is 22.6 Å². The summed E-state index contributed by atoms with van der Waals surface area (Å²) in [7, 11) is 0. The lowest BCUT2D eigenvalue weighted by Gasteiger charge is -2.17. The van der Waals surface area contributed by atoms with Gasteiger partial charge in [-0.15, -0.1) is 0 Å². The summed E-state index contributed by atoms with van der Waals surface area (Å²) < 4.78 is 5.96. The average Bonchev–Trinajstić information content (AvgIpc) is 3.51. The van der Waals surface area contributed by atoms with Crippen LogP contribution in [-0.4, -0.2) is 39.0 Å². The molecule has 0 aliphatic carbocycles. The summed E-state index contributed by atoms with van der Waals surface area (Å²) in [5.74, 6) is 3.56. The molecule has 4 heterocycles. The maximum Gasteiger partial charge on any atom is 0.166 e. The van der Waals surface area contributed by atoms with E-state index in [1.165, 1.54) is 27.5 Å². The molecule has 0 aliphatic rings. The van der Waals surface area contributed by atoms with Crippen molar-refractivity contribution in [3.63, 3.8) is 0 Å². The van der Waals surface area contributed by atoms with Crippen LogP contribution in [-0.2, 0) is 19.3 Å². The topological polar surface area (TPSA) is 87.2 Å². The Hall–Kier alpha value is -8.67. The predicted octanol–water partition coefficient (Wildman–Crippen LogP) is 18.9. The molecule has 13 rings (SSSR count). The second kappa shape index (κ2) is 22.8. The Morgan fingerprint density at radius 3 is 1.30 bits per heavy atom. The number of nitrogens with zero attached hydrogens (tertiary/aromatic N) is 8. The van der Waals surface area contributed by atoms with E-state index in [4.69, 9.17) is 29.9 Å². The molecule has 0 N–H and O–H groups in total. The van der Waals surface area contributed by atoms with Gasteiger partial charge in [0, 0.05) is 64.2 Å². The molecule has 81 heavy (non-hydrogen) atoms.